The van der Waals surface area contributed by atoms with Gasteiger partial charge in [0.25, 0.3) is 0 Å². The Hall–Kier alpha value is -0.220. The van der Waals surface area contributed by atoms with Gasteiger partial charge in [0.05, 0.1) is 0 Å². The van der Waals surface area contributed by atoms with E-state index in [1.165, 1.54) is 23.6 Å². The smallest absolute Gasteiger partial charge is 0.177 e. The summed E-state index contributed by atoms with van der Waals surface area (Å²) in [4.78, 5) is 3.16. The summed E-state index contributed by atoms with van der Waals surface area (Å²) in [6.45, 7) is 8.88. The van der Waals surface area contributed by atoms with Crippen molar-refractivity contribution in [2.75, 3.05) is 11.5 Å². The van der Waals surface area contributed by atoms with Gasteiger partial charge in [-0.15, -0.1) is 0 Å². The first-order valence-electron chi connectivity index (χ1n) is 5.95. The number of imidazole rings is 1. The van der Waals surface area contributed by atoms with Gasteiger partial charge >= 0.3 is 0 Å². The van der Waals surface area contributed by atoms with Gasteiger partial charge in [-0.3, -0.25) is 0 Å². The van der Waals surface area contributed by atoms with Crippen LogP contribution in [0.1, 0.15) is 51.8 Å². The highest BCUT2D eigenvalue weighted by Crippen LogP contribution is 2.22. The minimum Gasteiger partial charge on any atom is -0.337 e. The van der Waals surface area contributed by atoms with Crippen molar-refractivity contribution in [3.8, 4) is 0 Å². The zero-order valence-electron chi connectivity index (χ0n) is 10.6. The molecule has 1 heterocycles. The van der Waals surface area contributed by atoms with E-state index in [9.17, 15) is 0 Å². The molecule has 0 aromatic carbocycles. The van der Waals surface area contributed by atoms with Crippen molar-refractivity contribution in [3.63, 3.8) is 0 Å². The normalized spacial score (nSPS) is 13.3. The van der Waals surface area contributed by atoms with Gasteiger partial charge < -0.3 is 9.55 Å². The summed E-state index contributed by atoms with van der Waals surface area (Å²) in [6.07, 6.45) is 3.24. The van der Waals surface area contributed by atoms with Crippen molar-refractivity contribution < 1.29 is 0 Å². The predicted molar refractivity (Wildman–Crippen MR) is 76.0 cm³/mol. The second kappa shape index (κ2) is 6.50. The first kappa shape index (κ1) is 13.8. The van der Waals surface area contributed by atoms with Crippen LogP contribution < -0.4 is 0 Å². The Labute approximate surface area is 108 Å². The molecule has 0 spiro atoms. The maximum atomic E-state index is 5.35. The van der Waals surface area contributed by atoms with Crippen molar-refractivity contribution >= 4 is 24.0 Å². The van der Waals surface area contributed by atoms with E-state index in [-0.39, 0.29) is 0 Å². The van der Waals surface area contributed by atoms with E-state index < -0.39 is 0 Å². The lowest BCUT2D eigenvalue weighted by molar-refractivity contribution is 0.500. The van der Waals surface area contributed by atoms with Crippen molar-refractivity contribution in [3.05, 3.63) is 16.7 Å². The molecule has 16 heavy (non-hydrogen) atoms. The van der Waals surface area contributed by atoms with Gasteiger partial charge in [0.15, 0.2) is 4.77 Å². The van der Waals surface area contributed by atoms with Crippen LogP contribution in [0.4, 0.5) is 0 Å². The third-order valence-electron chi connectivity index (χ3n) is 2.76. The SMILES string of the molecule is CCSCCC(C)n1c(C(C)C)c[nH]c1=S. The van der Waals surface area contributed by atoms with Crippen molar-refractivity contribution in [2.45, 2.75) is 46.1 Å². The fourth-order valence-corrected chi connectivity index (χ4v) is 2.96. The third kappa shape index (κ3) is 3.39. The zero-order valence-corrected chi connectivity index (χ0v) is 12.3. The molecule has 1 aromatic rings. The van der Waals surface area contributed by atoms with E-state index in [0.29, 0.717) is 12.0 Å². The van der Waals surface area contributed by atoms with Gasteiger partial charge in [-0.05, 0) is 43.0 Å². The lowest BCUT2D eigenvalue weighted by Crippen LogP contribution is -2.11. The molecular formula is C12H22N2S2. The average Bonchev–Trinajstić information content (AvgIpc) is 2.60. The van der Waals surface area contributed by atoms with Crippen molar-refractivity contribution in [1.29, 1.82) is 0 Å². The van der Waals surface area contributed by atoms with Crippen LogP contribution >= 0.6 is 24.0 Å². The fraction of sp³-hybridized carbons (Fsp3) is 0.750. The van der Waals surface area contributed by atoms with E-state index in [1.54, 1.807) is 0 Å². The molecule has 0 saturated heterocycles. The maximum absolute atomic E-state index is 5.35. The number of thioether (sulfide) groups is 1. The predicted octanol–water partition coefficient (Wildman–Crippen LogP) is 4.37. The molecule has 1 rings (SSSR count). The van der Waals surface area contributed by atoms with Gasteiger partial charge in [-0.2, -0.15) is 11.8 Å². The largest absolute Gasteiger partial charge is 0.337 e. The second-order valence-corrected chi connectivity index (χ2v) is 6.16. The van der Waals surface area contributed by atoms with Crippen LogP contribution in [0, 0.1) is 4.77 Å². The summed E-state index contributed by atoms with van der Waals surface area (Å²) in [7, 11) is 0. The minimum absolute atomic E-state index is 0.496. The molecule has 0 aliphatic heterocycles. The number of H-pyrrole nitrogens is 1. The molecule has 0 radical (unpaired) electrons. The topological polar surface area (TPSA) is 20.7 Å². The standard InChI is InChI=1S/C12H22N2S2/c1-5-16-7-6-10(4)14-11(9(2)3)8-13-12(14)15/h8-10H,5-7H2,1-4H3,(H,13,15). The number of nitrogens with zero attached hydrogens (tertiary/aromatic N) is 1. The van der Waals surface area contributed by atoms with Crippen LogP contribution in [0.25, 0.3) is 0 Å². The van der Waals surface area contributed by atoms with Crippen LogP contribution in [0.15, 0.2) is 6.20 Å². The van der Waals surface area contributed by atoms with Crippen LogP contribution in [-0.2, 0) is 0 Å². The summed E-state index contributed by atoms with van der Waals surface area (Å²) in [5, 5.41) is 0. The van der Waals surface area contributed by atoms with Crippen LogP contribution in [0.3, 0.4) is 0 Å². The third-order valence-corrected chi connectivity index (χ3v) is 4.00. The average molecular weight is 258 g/mol. The number of hydrogen-bond donors (Lipinski definition) is 1. The Morgan fingerprint density at radius 2 is 2.12 bits per heavy atom. The molecule has 0 saturated carbocycles. The molecule has 0 bridgehead atoms. The molecule has 1 atom stereocenters. The summed E-state index contributed by atoms with van der Waals surface area (Å²) in [5.74, 6) is 2.93. The summed E-state index contributed by atoms with van der Waals surface area (Å²) < 4.78 is 3.13. The van der Waals surface area contributed by atoms with Gasteiger partial charge in [0, 0.05) is 17.9 Å². The van der Waals surface area contributed by atoms with Gasteiger partial charge in [0.1, 0.15) is 0 Å². The molecular weight excluding hydrogens is 236 g/mol. The molecule has 0 amide bonds. The molecule has 92 valence electrons. The highest BCUT2D eigenvalue weighted by atomic mass is 32.2. The molecule has 1 aromatic heterocycles. The van der Waals surface area contributed by atoms with Crippen molar-refractivity contribution in [2.24, 2.45) is 0 Å². The molecule has 1 unspecified atom stereocenters. The number of rotatable bonds is 6. The Morgan fingerprint density at radius 3 is 2.69 bits per heavy atom. The molecule has 0 aliphatic carbocycles. The number of aromatic amines is 1. The maximum Gasteiger partial charge on any atom is 0.177 e. The molecule has 0 fully saturated rings. The first-order valence-corrected chi connectivity index (χ1v) is 7.51. The summed E-state index contributed by atoms with van der Waals surface area (Å²) in [5.41, 5.74) is 1.32. The highest BCUT2D eigenvalue weighted by Gasteiger charge is 2.13. The number of hydrogen-bond acceptors (Lipinski definition) is 2. The second-order valence-electron chi connectivity index (χ2n) is 4.38. The van der Waals surface area contributed by atoms with E-state index in [4.69, 9.17) is 12.2 Å². The summed E-state index contributed by atoms with van der Waals surface area (Å²) in [6, 6.07) is 0.496. The minimum atomic E-state index is 0.496. The molecule has 4 heteroatoms. The molecule has 2 nitrogen and oxygen atoms in total. The molecule has 0 aliphatic rings. The van der Waals surface area contributed by atoms with E-state index in [2.05, 4.69) is 43.4 Å². The lowest BCUT2D eigenvalue weighted by atomic mass is 10.1. The number of aromatic nitrogens is 2. The Bertz CT molecular complexity index is 365. The van der Waals surface area contributed by atoms with Crippen LogP contribution in [0.2, 0.25) is 0 Å². The van der Waals surface area contributed by atoms with Crippen molar-refractivity contribution in [1.82, 2.24) is 9.55 Å². The lowest BCUT2D eigenvalue weighted by Gasteiger charge is -2.18. The van der Waals surface area contributed by atoms with Crippen LogP contribution in [0.5, 0.6) is 0 Å². The fourth-order valence-electron chi connectivity index (χ4n) is 1.82. The van der Waals surface area contributed by atoms with Gasteiger partial charge in [-0.25, -0.2) is 0 Å². The highest BCUT2D eigenvalue weighted by molar-refractivity contribution is 7.99. The Morgan fingerprint density at radius 1 is 1.44 bits per heavy atom. The summed E-state index contributed by atoms with van der Waals surface area (Å²) >= 11 is 7.34. The monoisotopic (exact) mass is 258 g/mol. The molecule has 1 N–H and O–H groups in total. The van der Waals surface area contributed by atoms with E-state index in [0.717, 1.165) is 4.77 Å². The van der Waals surface area contributed by atoms with E-state index >= 15 is 0 Å². The van der Waals surface area contributed by atoms with E-state index in [1.807, 2.05) is 11.8 Å². The van der Waals surface area contributed by atoms with Crippen LogP contribution in [-0.4, -0.2) is 21.1 Å². The van der Waals surface area contributed by atoms with Gasteiger partial charge in [0.2, 0.25) is 0 Å². The van der Waals surface area contributed by atoms with Gasteiger partial charge in [-0.1, -0.05) is 20.8 Å². The number of nitrogens with one attached hydrogen (secondary N) is 1. The zero-order chi connectivity index (χ0) is 12.1. The Kier molecular flexibility index (Phi) is 5.62. The quantitative estimate of drug-likeness (QED) is 0.604. The Balaban J connectivity index is 2.77. The first-order chi connectivity index (χ1) is 7.57.